The van der Waals surface area contributed by atoms with Gasteiger partial charge in [-0.05, 0) is 19.4 Å². The topological polar surface area (TPSA) is 29.5 Å². The molecule has 1 rings (SSSR count). The smallest absolute Gasteiger partial charge is 0.129 e. The molecule has 1 unspecified atom stereocenters. The van der Waals surface area contributed by atoms with Gasteiger partial charge in [0.25, 0.3) is 0 Å². The SMILES string of the molecule is CCCOCCC(O)c1cc(C)ccc1F. The Balaban J connectivity index is 2.51. The summed E-state index contributed by atoms with van der Waals surface area (Å²) < 4.78 is 18.7. The zero-order valence-electron chi connectivity index (χ0n) is 9.87. The van der Waals surface area contributed by atoms with Gasteiger partial charge < -0.3 is 9.84 Å². The number of aliphatic hydroxyl groups is 1. The predicted octanol–water partition coefficient (Wildman–Crippen LogP) is 2.98. The van der Waals surface area contributed by atoms with Crippen LogP contribution >= 0.6 is 0 Å². The molecule has 0 aliphatic carbocycles. The van der Waals surface area contributed by atoms with Gasteiger partial charge >= 0.3 is 0 Å². The molecule has 0 fully saturated rings. The summed E-state index contributed by atoms with van der Waals surface area (Å²) in [6.07, 6.45) is 0.603. The Bertz CT molecular complexity index is 326. The summed E-state index contributed by atoms with van der Waals surface area (Å²) in [4.78, 5) is 0. The molecule has 90 valence electrons. The molecule has 0 amide bonds. The van der Waals surface area contributed by atoms with Crippen LogP contribution in [-0.2, 0) is 4.74 Å². The molecule has 1 atom stereocenters. The van der Waals surface area contributed by atoms with Crippen LogP contribution in [0.5, 0.6) is 0 Å². The molecule has 0 saturated heterocycles. The normalized spacial score (nSPS) is 12.8. The third-order valence-electron chi connectivity index (χ3n) is 2.39. The van der Waals surface area contributed by atoms with Crippen molar-refractivity contribution in [2.75, 3.05) is 13.2 Å². The number of halogens is 1. The molecule has 0 saturated carbocycles. The quantitative estimate of drug-likeness (QED) is 0.756. The molecule has 16 heavy (non-hydrogen) atoms. The van der Waals surface area contributed by atoms with E-state index in [1.54, 1.807) is 12.1 Å². The number of aryl methyl sites for hydroxylation is 1. The maximum atomic E-state index is 13.4. The zero-order chi connectivity index (χ0) is 12.0. The number of rotatable bonds is 6. The lowest BCUT2D eigenvalue weighted by molar-refractivity contribution is 0.0806. The van der Waals surface area contributed by atoms with Crippen molar-refractivity contribution < 1.29 is 14.2 Å². The second-order valence-corrected chi connectivity index (χ2v) is 3.94. The van der Waals surface area contributed by atoms with Crippen LogP contribution in [0, 0.1) is 12.7 Å². The van der Waals surface area contributed by atoms with E-state index in [1.807, 2.05) is 13.8 Å². The summed E-state index contributed by atoms with van der Waals surface area (Å²) in [5.74, 6) is -0.353. The fourth-order valence-electron chi connectivity index (χ4n) is 1.52. The fourth-order valence-corrected chi connectivity index (χ4v) is 1.52. The first kappa shape index (κ1) is 13.1. The average Bonchev–Trinajstić information content (AvgIpc) is 2.27. The zero-order valence-corrected chi connectivity index (χ0v) is 9.87. The van der Waals surface area contributed by atoms with Gasteiger partial charge in [-0.15, -0.1) is 0 Å². The van der Waals surface area contributed by atoms with E-state index in [0.29, 0.717) is 25.2 Å². The minimum absolute atomic E-state index is 0.353. The molecule has 0 spiro atoms. The first-order valence-corrected chi connectivity index (χ1v) is 5.67. The van der Waals surface area contributed by atoms with Gasteiger partial charge in [-0.3, -0.25) is 0 Å². The largest absolute Gasteiger partial charge is 0.388 e. The Morgan fingerprint density at radius 2 is 2.12 bits per heavy atom. The third-order valence-corrected chi connectivity index (χ3v) is 2.39. The minimum atomic E-state index is -0.781. The molecule has 0 radical (unpaired) electrons. The van der Waals surface area contributed by atoms with Crippen LogP contribution in [0.15, 0.2) is 18.2 Å². The van der Waals surface area contributed by atoms with Gasteiger partial charge in [0.1, 0.15) is 5.82 Å². The van der Waals surface area contributed by atoms with E-state index in [9.17, 15) is 9.50 Å². The Kier molecular flexibility index (Phi) is 5.43. The number of ether oxygens (including phenoxy) is 1. The Hall–Kier alpha value is -0.930. The summed E-state index contributed by atoms with van der Waals surface area (Å²) >= 11 is 0. The molecule has 2 nitrogen and oxygen atoms in total. The molecule has 3 heteroatoms. The average molecular weight is 226 g/mol. The van der Waals surface area contributed by atoms with Gasteiger partial charge in [0.05, 0.1) is 6.10 Å². The highest BCUT2D eigenvalue weighted by Gasteiger charge is 2.12. The van der Waals surface area contributed by atoms with Gasteiger partial charge in [-0.2, -0.15) is 0 Å². The highest BCUT2D eigenvalue weighted by molar-refractivity contribution is 5.25. The lowest BCUT2D eigenvalue weighted by Gasteiger charge is -2.12. The fraction of sp³-hybridized carbons (Fsp3) is 0.538. The summed E-state index contributed by atoms with van der Waals surface area (Å²) in [5, 5.41) is 9.81. The van der Waals surface area contributed by atoms with Crippen molar-refractivity contribution in [1.29, 1.82) is 0 Å². The van der Waals surface area contributed by atoms with Crippen LogP contribution in [0.25, 0.3) is 0 Å². The summed E-state index contributed by atoms with van der Waals surface area (Å²) in [6.45, 7) is 5.05. The highest BCUT2D eigenvalue weighted by Crippen LogP contribution is 2.21. The van der Waals surface area contributed by atoms with Crippen molar-refractivity contribution in [3.63, 3.8) is 0 Å². The number of hydrogen-bond donors (Lipinski definition) is 1. The van der Waals surface area contributed by atoms with Gasteiger partial charge in [0, 0.05) is 25.2 Å². The van der Waals surface area contributed by atoms with Gasteiger partial charge in [0.15, 0.2) is 0 Å². The predicted molar refractivity (Wildman–Crippen MR) is 61.8 cm³/mol. The van der Waals surface area contributed by atoms with Crippen LogP contribution in [-0.4, -0.2) is 18.3 Å². The van der Waals surface area contributed by atoms with Gasteiger partial charge in [0.2, 0.25) is 0 Å². The maximum absolute atomic E-state index is 13.4. The highest BCUT2D eigenvalue weighted by atomic mass is 19.1. The van der Waals surface area contributed by atoms with E-state index in [2.05, 4.69) is 0 Å². The first-order chi connectivity index (χ1) is 7.65. The first-order valence-electron chi connectivity index (χ1n) is 5.67. The second kappa shape index (κ2) is 6.61. The van der Waals surface area contributed by atoms with Crippen molar-refractivity contribution in [2.45, 2.75) is 32.8 Å². The molecule has 0 aromatic heterocycles. The second-order valence-electron chi connectivity index (χ2n) is 3.94. The molecule has 1 aromatic carbocycles. The van der Waals surface area contributed by atoms with Gasteiger partial charge in [-0.1, -0.05) is 24.6 Å². The third kappa shape index (κ3) is 3.91. The van der Waals surface area contributed by atoms with Crippen LogP contribution in [0.2, 0.25) is 0 Å². The van der Waals surface area contributed by atoms with Crippen LogP contribution in [0.3, 0.4) is 0 Å². The van der Waals surface area contributed by atoms with E-state index in [0.717, 1.165) is 12.0 Å². The van der Waals surface area contributed by atoms with Crippen molar-refractivity contribution in [2.24, 2.45) is 0 Å². The molecule has 0 aliphatic heterocycles. The lowest BCUT2D eigenvalue weighted by atomic mass is 10.0. The molecular weight excluding hydrogens is 207 g/mol. The van der Waals surface area contributed by atoms with Crippen LogP contribution in [0.4, 0.5) is 4.39 Å². The molecule has 0 heterocycles. The minimum Gasteiger partial charge on any atom is -0.388 e. The maximum Gasteiger partial charge on any atom is 0.129 e. The van der Waals surface area contributed by atoms with Crippen molar-refractivity contribution >= 4 is 0 Å². The van der Waals surface area contributed by atoms with Crippen LogP contribution in [0.1, 0.15) is 37.0 Å². The summed E-state index contributed by atoms with van der Waals surface area (Å²) in [6, 6.07) is 4.76. The summed E-state index contributed by atoms with van der Waals surface area (Å²) in [7, 11) is 0. The standard InChI is InChI=1S/C13H19FO2/c1-3-7-16-8-6-13(15)11-9-10(2)4-5-12(11)14/h4-5,9,13,15H,3,6-8H2,1-2H3. The Morgan fingerprint density at radius 1 is 1.38 bits per heavy atom. The van der Waals surface area contributed by atoms with E-state index in [4.69, 9.17) is 4.74 Å². The Labute approximate surface area is 96.1 Å². The van der Waals surface area contributed by atoms with Crippen molar-refractivity contribution in [1.82, 2.24) is 0 Å². The molecule has 0 bridgehead atoms. The number of hydrogen-bond acceptors (Lipinski definition) is 2. The number of benzene rings is 1. The molecule has 0 aliphatic rings. The van der Waals surface area contributed by atoms with E-state index >= 15 is 0 Å². The van der Waals surface area contributed by atoms with Crippen molar-refractivity contribution in [3.8, 4) is 0 Å². The Morgan fingerprint density at radius 3 is 2.81 bits per heavy atom. The molecule has 1 aromatic rings. The van der Waals surface area contributed by atoms with E-state index in [1.165, 1.54) is 6.07 Å². The van der Waals surface area contributed by atoms with Crippen LogP contribution < -0.4 is 0 Å². The van der Waals surface area contributed by atoms with Gasteiger partial charge in [-0.25, -0.2) is 4.39 Å². The molecule has 1 N–H and O–H groups in total. The van der Waals surface area contributed by atoms with E-state index in [-0.39, 0.29) is 5.82 Å². The van der Waals surface area contributed by atoms with Crippen molar-refractivity contribution in [3.05, 3.63) is 35.1 Å². The summed E-state index contributed by atoms with van der Waals surface area (Å²) in [5.41, 5.74) is 1.31. The van der Waals surface area contributed by atoms with E-state index < -0.39 is 6.10 Å². The molecular formula is C13H19FO2. The lowest BCUT2D eigenvalue weighted by Crippen LogP contribution is -2.06. The monoisotopic (exact) mass is 226 g/mol. The number of aliphatic hydroxyl groups excluding tert-OH is 1.